The van der Waals surface area contributed by atoms with Crippen LogP contribution in [0.1, 0.15) is 30.6 Å². The second-order valence-corrected chi connectivity index (χ2v) is 9.70. The van der Waals surface area contributed by atoms with Gasteiger partial charge in [-0.1, -0.05) is 12.1 Å². The maximum atomic E-state index is 12.5. The summed E-state index contributed by atoms with van der Waals surface area (Å²) in [6.07, 6.45) is 3.61. The molecule has 2 bridgehead atoms. The van der Waals surface area contributed by atoms with Crippen LogP contribution in [0.25, 0.3) is 21.2 Å². The maximum Gasteiger partial charge on any atom is 0.250 e. The van der Waals surface area contributed by atoms with Gasteiger partial charge in [-0.2, -0.15) is 0 Å². The highest BCUT2D eigenvalue weighted by Crippen LogP contribution is 2.36. The number of nitrogens with zero attached hydrogens (tertiary/aromatic N) is 2. The Morgan fingerprint density at radius 3 is 2.60 bits per heavy atom. The molecule has 0 radical (unpaired) electrons. The number of hydrogen-bond acceptors (Lipinski definition) is 5. The number of alkyl halides is 2. The Balaban J connectivity index is 1.32. The first-order chi connectivity index (χ1) is 14.5. The molecule has 7 heteroatoms. The van der Waals surface area contributed by atoms with Gasteiger partial charge in [-0.15, -0.1) is 11.3 Å². The molecule has 0 spiro atoms. The Hall–Kier alpha value is -2.09. The third kappa shape index (κ3) is 4.06. The number of pyridine rings is 1. The summed E-state index contributed by atoms with van der Waals surface area (Å²) in [5, 5.41) is 7.63. The minimum atomic E-state index is -2.29. The molecule has 0 saturated carbocycles. The van der Waals surface area contributed by atoms with Crippen molar-refractivity contribution in [3.63, 3.8) is 0 Å². The van der Waals surface area contributed by atoms with Crippen molar-refractivity contribution in [3.05, 3.63) is 47.5 Å². The average Bonchev–Trinajstić information content (AvgIpc) is 3.25. The second kappa shape index (κ2) is 8.21. The number of thiophene rings is 1. The molecule has 5 rings (SSSR count). The van der Waals surface area contributed by atoms with Gasteiger partial charge in [0.2, 0.25) is 0 Å². The summed E-state index contributed by atoms with van der Waals surface area (Å²) in [5.74, 6) is 0.845. The van der Waals surface area contributed by atoms with Gasteiger partial charge in [0.05, 0.1) is 6.54 Å². The predicted octanol–water partition coefficient (Wildman–Crippen LogP) is 5.45. The van der Waals surface area contributed by atoms with Crippen LogP contribution in [-0.2, 0) is 0 Å². The van der Waals surface area contributed by atoms with Crippen molar-refractivity contribution in [2.75, 3.05) is 12.0 Å². The highest BCUT2D eigenvalue weighted by atomic mass is 32.1. The number of piperidine rings is 1. The molecule has 1 unspecified atom stereocenters. The number of nitrogens with one attached hydrogen (secondary N) is 2. The van der Waals surface area contributed by atoms with Gasteiger partial charge >= 0.3 is 0 Å². The summed E-state index contributed by atoms with van der Waals surface area (Å²) in [7, 11) is 0. The number of fused-ring (bicyclic) bond motifs is 3. The first-order valence-corrected chi connectivity index (χ1v) is 11.4. The maximum absolute atomic E-state index is 12.5. The molecule has 4 heterocycles. The largest absolute Gasteiger partial charge is 0.309 e. The van der Waals surface area contributed by atoms with Crippen molar-refractivity contribution in [2.24, 2.45) is 0 Å². The lowest BCUT2D eigenvalue weighted by Crippen LogP contribution is -2.52. The molecule has 2 aromatic heterocycles. The van der Waals surface area contributed by atoms with E-state index in [1.165, 1.54) is 15.3 Å². The molecule has 0 aliphatic carbocycles. The number of rotatable bonds is 6. The molecular formula is C23H26F2N4S. The van der Waals surface area contributed by atoms with E-state index in [0.29, 0.717) is 12.1 Å². The summed E-state index contributed by atoms with van der Waals surface area (Å²) in [6, 6.07) is 13.8. The van der Waals surface area contributed by atoms with Crippen LogP contribution in [0.2, 0.25) is 0 Å². The third-order valence-corrected chi connectivity index (χ3v) is 7.33. The lowest BCUT2D eigenvalue weighted by Gasteiger charge is -2.39. The normalized spacial score (nSPS) is 24.1. The van der Waals surface area contributed by atoms with E-state index in [-0.39, 0.29) is 12.6 Å². The molecule has 3 aromatic rings. The van der Waals surface area contributed by atoms with Crippen LogP contribution in [-0.4, -0.2) is 41.1 Å². The fourth-order valence-corrected chi connectivity index (χ4v) is 5.72. The van der Waals surface area contributed by atoms with E-state index < -0.39 is 6.43 Å². The molecule has 1 aromatic carbocycles. The van der Waals surface area contributed by atoms with Crippen molar-refractivity contribution in [3.8, 4) is 10.4 Å². The number of anilines is 1. The molecule has 158 valence electrons. The first kappa shape index (κ1) is 19.8. The zero-order valence-corrected chi connectivity index (χ0v) is 17.8. The Labute approximate surface area is 179 Å². The second-order valence-electron chi connectivity index (χ2n) is 8.41. The van der Waals surface area contributed by atoms with Gasteiger partial charge < -0.3 is 10.7 Å². The van der Waals surface area contributed by atoms with Crippen molar-refractivity contribution < 1.29 is 8.78 Å². The highest BCUT2D eigenvalue weighted by Gasteiger charge is 2.41. The summed E-state index contributed by atoms with van der Waals surface area (Å²) < 4.78 is 25.1. The molecule has 2 N–H and O–H groups in total. The van der Waals surface area contributed by atoms with Crippen molar-refractivity contribution in [1.29, 1.82) is 0 Å². The van der Waals surface area contributed by atoms with E-state index in [9.17, 15) is 8.78 Å². The first-order valence-electron chi connectivity index (χ1n) is 10.6. The van der Waals surface area contributed by atoms with Gasteiger partial charge in [-0.05, 0) is 67.8 Å². The van der Waals surface area contributed by atoms with Crippen molar-refractivity contribution >= 4 is 27.9 Å². The summed E-state index contributed by atoms with van der Waals surface area (Å²) in [5.41, 5.74) is 4.76. The van der Waals surface area contributed by atoms with Gasteiger partial charge in [-0.3, -0.25) is 0 Å². The highest BCUT2D eigenvalue weighted by molar-refractivity contribution is 7.15. The number of hydrogen-bond donors (Lipinski definition) is 2. The van der Waals surface area contributed by atoms with Crippen molar-refractivity contribution in [1.82, 2.24) is 15.3 Å². The van der Waals surface area contributed by atoms with Gasteiger partial charge in [0.15, 0.2) is 0 Å². The van der Waals surface area contributed by atoms with Crippen LogP contribution in [0, 0.1) is 6.92 Å². The Kier molecular flexibility index (Phi) is 5.43. The van der Waals surface area contributed by atoms with E-state index in [4.69, 9.17) is 0 Å². The number of hydrazine groups is 1. The van der Waals surface area contributed by atoms with E-state index in [1.54, 1.807) is 11.3 Å². The monoisotopic (exact) mass is 428 g/mol. The smallest absolute Gasteiger partial charge is 0.250 e. The molecule has 4 nitrogen and oxygen atoms in total. The lowest BCUT2D eigenvalue weighted by molar-refractivity contribution is 0.113. The Bertz CT molecular complexity index is 1020. The molecule has 3 atom stereocenters. The number of aryl methyl sites for hydroxylation is 1. The summed E-state index contributed by atoms with van der Waals surface area (Å²) in [4.78, 5) is 7.20. The minimum Gasteiger partial charge on any atom is -0.309 e. The standard InChI is InChI=1S/C23H26F2N4S/c1-14-2-7-21(30-14)15-3-4-16-12-27-23(9-17(16)8-15)28-29-19-5-6-20(29)11-18(10-19)26-13-22(24)25/h2-4,7-9,12,18-20,22,26H,5-6,10-11,13H2,1H3,(H,27,28)/t18?,19-,20+. The van der Waals surface area contributed by atoms with Gasteiger partial charge in [0, 0.05) is 39.5 Å². The molecule has 2 aliphatic rings. The molecule has 2 fully saturated rings. The van der Waals surface area contributed by atoms with E-state index in [0.717, 1.165) is 42.3 Å². The third-order valence-electron chi connectivity index (χ3n) is 6.28. The van der Waals surface area contributed by atoms with Gasteiger partial charge in [-0.25, -0.2) is 18.8 Å². The quantitative estimate of drug-likeness (QED) is 0.548. The molecule has 0 amide bonds. The van der Waals surface area contributed by atoms with Crippen LogP contribution in [0.4, 0.5) is 14.6 Å². The van der Waals surface area contributed by atoms with E-state index >= 15 is 0 Å². The van der Waals surface area contributed by atoms with Crippen LogP contribution in [0.15, 0.2) is 42.6 Å². The summed E-state index contributed by atoms with van der Waals surface area (Å²) >= 11 is 1.80. The predicted molar refractivity (Wildman–Crippen MR) is 119 cm³/mol. The lowest BCUT2D eigenvalue weighted by atomic mass is 9.99. The fraction of sp³-hybridized carbons (Fsp3) is 0.435. The average molecular weight is 429 g/mol. The number of aromatic nitrogens is 1. The zero-order chi connectivity index (χ0) is 20.7. The van der Waals surface area contributed by atoms with Crippen LogP contribution < -0.4 is 10.7 Å². The van der Waals surface area contributed by atoms with Gasteiger partial charge in [0.25, 0.3) is 6.43 Å². The zero-order valence-electron chi connectivity index (χ0n) is 16.9. The molecule has 2 saturated heterocycles. The van der Waals surface area contributed by atoms with E-state index in [1.807, 2.05) is 6.20 Å². The SMILES string of the molecule is Cc1ccc(-c2ccc3cnc(NN4[C@@H]5CC[C@H]4CC(NCC(F)F)C5)cc3c2)s1. The topological polar surface area (TPSA) is 40.2 Å². The Morgan fingerprint density at radius 2 is 1.90 bits per heavy atom. The molecular weight excluding hydrogens is 402 g/mol. The summed E-state index contributed by atoms with van der Waals surface area (Å²) in [6.45, 7) is 1.91. The van der Waals surface area contributed by atoms with Crippen LogP contribution in [0.3, 0.4) is 0 Å². The van der Waals surface area contributed by atoms with Crippen LogP contribution in [0.5, 0.6) is 0 Å². The fourth-order valence-electron chi connectivity index (χ4n) is 4.86. The molecule has 30 heavy (non-hydrogen) atoms. The van der Waals surface area contributed by atoms with Crippen molar-refractivity contribution in [2.45, 2.75) is 57.2 Å². The van der Waals surface area contributed by atoms with Crippen LogP contribution >= 0.6 is 11.3 Å². The Morgan fingerprint density at radius 1 is 1.10 bits per heavy atom. The minimum absolute atomic E-state index is 0.177. The number of benzene rings is 1. The van der Waals surface area contributed by atoms with Gasteiger partial charge in [0.1, 0.15) is 5.82 Å². The molecule has 2 aliphatic heterocycles. The number of halogens is 2. The van der Waals surface area contributed by atoms with E-state index in [2.05, 4.69) is 64.1 Å².